The molecule has 2 aromatic carbocycles. The first kappa shape index (κ1) is 21.6. The van der Waals surface area contributed by atoms with Gasteiger partial charge in [-0.3, -0.25) is 9.78 Å². The van der Waals surface area contributed by atoms with Gasteiger partial charge in [-0.05, 0) is 54.3 Å². The lowest BCUT2D eigenvalue weighted by molar-refractivity contribution is 0.0949. The average molecular weight is 429 g/mol. The SMILES string of the molecule is CC(C)c1ccc(OCCCn2c(CNC(=O)c3ccncc3)nc3ccccc32)cc1. The lowest BCUT2D eigenvalue weighted by Crippen LogP contribution is -2.25. The van der Waals surface area contributed by atoms with Gasteiger partial charge in [0.15, 0.2) is 0 Å². The van der Waals surface area contributed by atoms with Crippen molar-refractivity contribution in [1.82, 2.24) is 19.9 Å². The molecule has 0 saturated carbocycles. The molecule has 0 unspecified atom stereocenters. The van der Waals surface area contributed by atoms with Crippen molar-refractivity contribution in [1.29, 1.82) is 0 Å². The predicted molar refractivity (Wildman–Crippen MR) is 126 cm³/mol. The summed E-state index contributed by atoms with van der Waals surface area (Å²) < 4.78 is 8.10. The number of carbonyl (C=O) groups excluding carboxylic acids is 1. The van der Waals surface area contributed by atoms with Crippen LogP contribution in [0.25, 0.3) is 11.0 Å². The Morgan fingerprint density at radius 1 is 1.03 bits per heavy atom. The number of amides is 1. The number of nitrogens with one attached hydrogen (secondary N) is 1. The molecule has 4 aromatic rings. The van der Waals surface area contributed by atoms with Crippen LogP contribution in [0.5, 0.6) is 5.75 Å². The Morgan fingerprint density at radius 3 is 2.53 bits per heavy atom. The van der Waals surface area contributed by atoms with Crippen LogP contribution in [0.1, 0.15) is 47.9 Å². The highest BCUT2D eigenvalue weighted by molar-refractivity contribution is 5.93. The van der Waals surface area contributed by atoms with Crippen molar-refractivity contribution < 1.29 is 9.53 Å². The van der Waals surface area contributed by atoms with E-state index in [9.17, 15) is 4.79 Å². The maximum absolute atomic E-state index is 12.4. The van der Waals surface area contributed by atoms with Crippen molar-refractivity contribution in [2.24, 2.45) is 0 Å². The first-order valence-corrected chi connectivity index (χ1v) is 11.0. The van der Waals surface area contributed by atoms with Crippen LogP contribution in [0.4, 0.5) is 0 Å². The topological polar surface area (TPSA) is 69.0 Å². The number of ether oxygens (including phenoxy) is 1. The van der Waals surface area contributed by atoms with E-state index in [2.05, 4.69) is 46.9 Å². The number of imidazole rings is 1. The number of hydrogen-bond acceptors (Lipinski definition) is 4. The van der Waals surface area contributed by atoms with Gasteiger partial charge in [0.25, 0.3) is 5.91 Å². The van der Waals surface area contributed by atoms with Gasteiger partial charge in [-0.2, -0.15) is 0 Å². The molecule has 4 rings (SSSR count). The quantitative estimate of drug-likeness (QED) is 0.383. The Morgan fingerprint density at radius 2 is 1.78 bits per heavy atom. The van der Waals surface area contributed by atoms with Crippen LogP contribution >= 0.6 is 0 Å². The van der Waals surface area contributed by atoms with Crippen molar-refractivity contribution in [2.45, 2.75) is 39.3 Å². The molecule has 32 heavy (non-hydrogen) atoms. The molecule has 0 radical (unpaired) electrons. The fraction of sp³-hybridized carbons (Fsp3) is 0.269. The molecule has 0 atom stereocenters. The highest BCUT2D eigenvalue weighted by Gasteiger charge is 2.12. The van der Waals surface area contributed by atoms with E-state index in [0.717, 1.165) is 35.6 Å². The van der Waals surface area contributed by atoms with Crippen LogP contribution in [0, 0.1) is 0 Å². The Labute approximate surface area is 188 Å². The molecular formula is C26H28N4O2. The molecule has 0 aliphatic heterocycles. The van der Waals surface area contributed by atoms with Crippen molar-refractivity contribution in [3.05, 3.63) is 90.0 Å². The molecular weight excluding hydrogens is 400 g/mol. The zero-order valence-electron chi connectivity index (χ0n) is 18.5. The number of carbonyl (C=O) groups is 1. The summed E-state index contributed by atoms with van der Waals surface area (Å²) in [5.41, 5.74) is 3.87. The van der Waals surface area contributed by atoms with E-state index in [-0.39, 0.29) is 5.91 Å². The molecule has 0 aliphatic rings. The third-order valence-electron chi connectivity index (χ3n) is 5.42. The molecule has 0 spiro atoms. The van der Waals surface area contributed by atoms with E-state index in [1.807, 2.05) is 30.3 Å². The van der Waals surface area contributed by atoms with Gasteiger partial charge >= 0.3 is 0 Å². The molecule has 0 fully saturated rings. The second-order valence-corrected chi connectivity index (χ2v) is 8.01. The molecule has 6 nitrogen and oxygen atoms in total. The molecule has 0 saturated heterocycles. The van der Waals surface area contributed by atoms with Gasteiger partial charge in [0, 0.05) is 24.5 Å². The molecule has 0 bridgehead atoms. The summed E-state index contributed by atoms with van der Waals surface area (Å²) in [6, 6.07) is 19.7. The summed E-state index contributed by atoms with van der Waals surface area (Å²) in [7, 11) is 0. The zero-order chi connectivity index (χ0) is 22.3. The number of pyridine rings is 1. The zero-order valence-corrected chi connectivity index (χ0v) is 18.5. The number of aromatic nitrogens is 3. The average Bonchev–Trinajstić information content (AvgIpc) is 3.18. The van der Waals surface area contributed by atoms with E-state index >= 15 is 0 Å². The van der Waals surface area contributed by atoms with Crippen LogP contribution in [0.15, 0.2) is 73.1 Å². The summed E-state index contributed by atoms with van der Waals surface area (Å²) in [6.45, 7) is 6.08. The number of aryl methyl sites for hydroxylation is 1. The predicted octanol–water partition coefficient (Wildman–Crippen LogP) is 4.95. The minimum absolute atomic E-state index is 0.140. The van der Waals surface area contributed by atoms with Crippen LogP contribution in [0.3, 0.4) is 0 Å². The van der Waals surface area contributed by atoms with Crippen LogP contribution in [-0.2, 0) is 13.1 Å². The van der Waals surface area contributed by atoms with E-state index in [0.29, 0.717) is 24.6 Å². The standard InChI is InChI=1S/C26H28N4O2/c1-19(2)20-8-10-22(11-9-20)32-17-5-16-30-24-7-4-3-6-23(24)29-25(30)18-28-26(31)21-12-14-27-15-13-21/h3-4,6-15,19H,5,16-18H2,1-2H3,(H,28,31). The van der Waals surface area contributed by atoms with Crippen molar-refractivity contribution in [2.75, 3.05) is 6.61 Å². The Bertz CT molecular complexity index is 1170. The minimum atomic E-state index is -0.140. The first-order chi connectivity index (χ1) is 15.6. The number of hydrogen-bond donors (Lipinski definition) is 1. The fourth-order valence-electron chi connectivity index (χ4n) is 3.64. The van der Waals surface area contributed by atoms with E-state index in [4.69, 9.17) is 9.72 Å². The van der Waals surface area contributed by atoms with Gasteiger partial charge in [-0.1, -0.05) is 38.1 Å². The highest BCUT2D eigenvalue weighted by Crippen LogP contribution is 2.20. The number of fused-ring (bicyclic) bond motifs is 1. The molecule has 1 amide bonds. The van der Waals surface area contributed by atoms with Crippen molar-refractivity contribution >= 4 is 16.9 Å². The van der Waals surface area contributed by atoms with Crippen LogP contribution in [-0.4, -0.2) is 27.0 Å². The lowest BCUT2D eigenvalue weighted by Gasteiger charge is -2.12. The van der Waals surface area contributed by atoms with Crippen LogP contribution < -0.4 is 10.1 Å². The Kier molecular flexibility index (Phi) is 6.80. The second-order valence-electron chi connectivity index (χ2n) is 8.01. The highest BCUT2D eigenvalue weighted by atomic mass is 16.5. The largest absolute Gasteiger partial charge is 0.494 e. The normalized spacial score (nSPS) is 11.1. The smallest absolute Gasteiger partial charge is 0.251 e. The number of para-hydroxylation sites is 2. The Balaban J connectivity index is 1.39. The third kappa shape index (κ3) is 5.14. The molecule has 6 heteroatoms. The minimum Gasteiger partial charge on any atom is -0.494 e. The summed E-state index contributed by atoms with van der Waals surface area (Å²) in [5.74, 6) is 2.08. The number of nitrogens with zero attached hydrogens (tertiary/aromatic N) is 3. The van der Waals surface area contributed by atoms with Gasteiger partial charge in [0.1, 0.15) is 11.6 Å². The van der Waals surface area contributed by atoms with E-state index in [1.54, 1.807) is 24.5 Å². The van der Waals surface area contributed by atoms with Gasteiger partial charge in [0.05, 0.1) is 24.2 Å². The summed E-state index contributed by atoms with van der Waals surface area (Å²) >= 11 is 0. The molecule has 2 aromatic heterocycles. The van der Waals surface area contributed by atoms with E-state index in [1.165, 1.54) is 5.56 Å². The fourth-order valence-corrected chi connectivity index (χ4v) is 3.64. The Hall–Kier alpha value is -3.67. The summed E-state index contributed by atoms with van der Waals surface area (Å²) in [4.78, 5) is 21.1. The summed E-state index contributed by atoms with van der Waals surface area (Å²) in [6.07, 6.45) is 4.05. The molecule has 2 heterocycles. The monoisotopic (exact) mass is 428 g/mol. The van der Waals surface area contributed by atoms with Crippen molar-refractivity contribution in [3.8, 4) is 5.75 Å². The van der Waals surface area contributed by atoms with Crippen molar-refractivity contribution in [3.63, 3.8) is 0 Å². The number of benzene rings is 2. The maximum atomic E-state index is 12.4. The van der Waals surface area contributed by atoms with Crippen LogP contribution in [0.2, 0.25) is 0 Å². The van der Waals surface area contributed by atoms with Gasteiger partial charge in [-0.15, -0.1) is 0 Å². The number of rotatable bonds is 9. The second kappa shape index (κ2) is 10.1. The molecule has 0 aliphatic carbocycles. The van der Waals surface area contributed by atoms with Gasteiger partial charge in [0.2, 0.25) is 0 Å². The van der Waals surface area contributed by atoms with E-state index < -0.39 is 0 Å². The lowest BCUT2D eigenvalue weighted by atomic mass is 10.0. The summed E-state index contributed by atoms with van der Waals surface area (Å²) in [5, 5.41) is 2.97. The first-order valence-electron chi connectivity index (χ1n) is 11.0. The maximum Gasteiger partial charge on any atom is 0.251 e. The molecule has 1 N–H and O–H groups in total. The molecule has 164 valence electrons. The third-order valence-corrected chi connectivity index (χ3v) is 5.42. The van der Waals surface area contributed by atoms with Gasteiger partial charge in [-0.25, -0.2) is 4.98 Å². The van der Waals surface area contributed by atoms with Gasteiger partial charge < -0.3 is 14.6 Å².